The zero-order valence-electron chi connectivity index (χ0n) is 4.81. The van der Waals surface area contributed by atoms with Crippen molar-refractivity contribution < 1.29 is 0 Å². The van der Waals surface area contributed by atoms with Gasteiger partial charge in [0.05, 0.1) is 11.6 Å². The molecule has 0 unspecified atom stereocenters. The van der Waals surface area contributed by atoms with Crippen LogP contribution in [-0.4, -0.2) is 4.98 Å². The van der Waals surface area contributed by atoms with E-state index in [0.29, 0.717) is 5.02 Å². The zero-order chi connectivity index (χ0) is 7.56. The van der Waals surface area contributed by atoms with Crippen LogP contribution in [0.5, 0.6) is 0 Å². The Hall–Kier alpha value is -0.780. The molecule has 0 spiro atoms. The minimum atomic E-state index is 0.155. The number of aromatic nitrogens is 1. The lowest BCUT2D eigenvalue weighted by Crippen LogP contribution is -1.73. The molecule has 0 saturated heterocycles. The summed E-state index contributed by atoms with van der Waals surface area (Å²) in [6, 6.07) is 1.53. The summed E-state index contributed by atoms with van der Waals surface area (Å²) in [6.07, 6.45) is 1.46. The summed E-state index contributed by atoms with van der Waals surface area (Å²) in [5.41, 5.74) is 0.214. The lowest BCUT2D eigenvalue weighted by molar-refractivity contribution is 1.34. The van der Waals surface area contributed by atoms with E-state index in [1.165, 1.54) is 12.3 Å². The normalized spacial score (nSPS) is 8.90. The van der Waals surface area contributed by atoms with Crippen LogP contribution in [0.1, 0.15) is 0 Å². The van der Waals surface area contributed by atoms with Crippen molar-refractivity contribution in [2.24, 2.45) is 0 Å². The van der Waals surface area contributed by atoms with Crippen molar-refractivity contribution in [3.63, 3.8) is 0 Å². The molecule has 0 radical (unpaired) electrons. The maximum Gasteiger partial charge on any atom is 0.241 e. The second kappa shape index (κ2) is 2.87. The van der Waals surface area contributed by atoms with Crippen LogP contribution >= 0.6 is 23.2 Å². The van der Waals surface area contributed by atoms with Crippen LogP contribution in [0.15, 0.2) is 12.3 Å². The Balaban J connectivity index is 3.34. The van der Waals surface area contributed by atoms with Crippen molar-refractivity contribution >= 4 is 28.9 Å². The van der Waals surface area contributed by atoms with Gasteiger partial charge < -0.3 is 0 Å². The van der Waals surface area contributed by atoms with Gasteiger partial charge in [-0.3, -0.25) is 4.98 Å². The first-order valence-electron chi connectivity index (χ1n) is 2.43. The van der Waals surface area contributed by atoms with Gasteiger partial charge in [0, 0.05) is 6.20 Å². The van der Waals surface area contributed by atoms with E-state index < -0.39 is 0 Å². The summed E-state index contributed by atoms with van der Waals surface area (Å²) in [5, 5.41) is 0.498. The van der Waals surface area contributed by atoms with Crippen LogP contribution in [0.2, 0.25) is 10.2 Å². The highest BCUT2D eigenvalue weighted by molar-refractivity contribution is 6.38. The molecule has 1 rings (SSSR count). The summed E-state index contributed by atoms with van der Waals surface area (Å²) in [7, 11) is 0. The van der Waals surface area contributed by atoms with Crippen molar-refractivity contribution in [2.75, 3.05) is 0 Å². The summed E-state index contributed by atoms with van der Waals surface area (Å²) < 4.78 is 0. The van der Waals surface area contributed by atoms with Crippen LogP contribution in [0.3, 0.4) is 0 Å². The van der Waals surface area contributed by atoms with Crippen LogP contribution in [0.25, 0.3) is 4.85 Å². The van der Waals surface area contributed by atoms with Crippen molar-refractivity contribution in [3.05, 3.63) is 33.9 Å². The van der Waals surface area contributed by atoms with E-state index >= 15 is 0 Å². The molecule has 0 atom stereocenters. The summed E-state index contributed by atoms with van der Waals surface area (Å²) in [5.74, 6) is 0. The first kappa shape index (κ1) is 7.33. The molecule has 0 aliphatic heterocycles. The molecule has 1 aromatic rings. The molecule has 0 aromatic carbocycles. The molecule has 0 amide bonds. The van der Waals surface area contributed by atoms with Gasteiger partial charge in [-0.2, -0.15) is 0 Å². The fourth-order valence-electron chi connectivity index (χ4n) is 0.506. The van der Waals surface area contributed by atoms with Gasteiger partial charge in [-0.25, -0.2) is 4.85 Å². The molecule has 2 nitrogen and oxygen atoms in total. The molecule has 50 valence electrons. The van der Waals surface area contributed by atoms with E-state index in [1.54, 1.807) is 0 Å². The number of halogens is 2. The van der Waals surface area contributed by atoms with E-state index in [4.69, 9.17) is 29.8 Å². The molecule has 0 aliphatic carbocycles. The number of hydrogen-bond donors (Lipinski definition) is 0. The van der Waals surface area contributed by atoms with Crippen LogP contribution in [0, 0.1) is 6.57 Å². The fraction of sp³-hybridized carbons (Fsp3) is 0. The largest absolute Gasteiger partial charge is 0.256 e. The maximum atomic E-state index is 6.64. The first-order chi connectivity index (χ1) is 4.75. The minimum absolute atomic E-state index is 0.155. The Morgan fingerprint density at radius 2 is 2.20 bits per heavy atom. The Labute approximate surface area is 68.2 Å². The second-order valence-corrected chi connectivity index (χ2v) is 2.31. The summed E-state index contributed by atoms with van der Waals surface area (Å²) in [4.78, 5) is 6.77. The average molecular weight is 173 g/mol. The Morgan fingerprint density at radius 3 is 2.60 bits per heavy atom. The van der Waals surface area contributed by atoms with E-state index in [2.05, 4.69) is 9.83 Å². The van der Waals surface area contributed by atoms with E-state index in [9.17, 15) is 0 Å². The van der Waals surface area contributed by atoms with E-state index in [0.717, 1.165) is 0 Å². The molecular weight excluding hydrogens is 171 g/mol. The topological polar surface area (TPSA) is 17.2 Å². The number of hydrogen-bond acceptors (Lipinski definition) is 1. The number of rotatable bonds is 0. The predicted molar refractivity (Wildman–Crippen MR) is 40.5 cm³/mol. The molecule has 0 N–H and O–H groups in total. The molecule has 1 heterocycles. The molecule has 0 bridgehead atoms. The van der Waals surface area contributed by atoms with Gasteiger partial charge in [0.15, 0.2) is 0 Å². The van der Waals surface area contributed by atoms with E-state index in [-0.39, 0.29) is 10.8 Å². The van der Waals surface area contributed by atoms with Crippen LogP contribution < -0.4 is 0 Å². The standard InChI is InChI=1S/C6H2Cl2N2/c1-9-5-4(7)2-3-10-6(5)8/h2-3H. The van der Waals surface area contributed by atoms with Crippen LogP contribution in [-0.2, 0) is 0 Å². The van der Waals surface area contributed by atoms with Crippen LogP contribution in [0.4, 0.5) is 5.69 Å². The van der Waals surface area contributed by atoms with E-state index in [1.807, 2.05) is 0 Å². The van der Waals surface area contributed by atoms with Gasteiger partial charge in [-0.05, 0) is 6.07 Å². The highest BCUT2D eigenvalue weighted by Gasteiger charge is 2.03. The molecule has 4 heteroatoms. The molecule has 0 saturated carbocycles. The SMILES string of the molecule is [C-]#[N+]c1c(Cl)ccnc1Cl. The second-order valence-electron chi connectivity index (χ2n) is 1.54. The van der Waals surface area contributed by atoms with Crippen molar-refractivity contribution in [1.82, 2.24) is 4.98 Å². The van der Waals surface area contributed by atoms with Crippen molar-refractivity contribution in [1.29, 1.82) is 0 Å². The third-order valence-corrected chi connectivity index (χ3v) is 1.52. The first-order valence-corrected chi connectivity index (χ1v) is 3.18. The average Bonchev–Trinajstić information content (AvgIpc) is 1.88. The number of nitrogens with zero attached hydrogens (tertiary/aromatic N) is 2. The third-order valence-electron chi connectivity index (χ3n) is 0.942. The lowest BCUT2D eigenvalue weighted by atomic mass is 10.4. The Kier molecular flexibility index (Phi) is 2.10. The molecule has 1 aromatic heterocycles. The lowest BCUT2D eigenvalue weighted by Gasteiger charge is -1.93. The highest BCUT2D eigenvalue weighted by atomic mass is 35.5. The smallest absolute Gasteiger partial charge is 0.241 e. The molecular formula is C6H2Cl2N2. The summed E-state index contributed by atoms with van der Waals surface area (Å²) in [6.45, 7) is 6.64. The quantitative estimate of drug-likeness (QED) is 0.435. The molecule has 0 aliphatic rings. The van der Waals surface area contributed by atoms with Gasteiger partial charge in [-0.15, -0.1) is 0 Å². The third kappa shape index (κ3) is 1.21. The fourth-order valence-corrected chi connectivity index (χ4v) is 0.943. The van der Waals surface area contributed by atoms with Gasteiger partial charge in [-0.1, -0.05) is 23.2 Å². The Bertz CT molecular complexity index is 270. The van der Waals surface area contributed by atoms with Gasteiger partial charge in [0.2, 0.25) is 5.69 Å². The minimum Gasteiger partial charge on any atom is -0.256 e. The summed E-state index contributed by atoms with van der Waals surface area (Å²) >= 11 is 11.1. The highest BCUT2D eigenvalue weighted by Crippen LogP contribution is 2.30. The maximum absolute atomic E-state index is 6.64. The van der Waals surface area contributed by atoms with Gasteiger partial charge in [0.25, 0.3) is 0 Å². The van der Waals surface area contributed by atoms with Gasteiger partial charge in [0.1, 0.15) is 5.15 Å². The van der Waals surface area contributed by atoms with Crippen molar-refractivity contribution in [3.8, 4) is 0 Å². The van der Waals surface area contributed by atoms with Gasteiger partial charge >= 0.3 is 0 Å². The molecule has 0 fully saturated rings. The molecule has 10 heavy (non-hydrogen) atoms. The zero-order valence-corrected chi connectivity index (χ0v) is 6.32. The van der Waals surface area contributed by atoms with Crippen molar-refractivity contribution in [2.45, 2.75) is 0 Å². The predicted octanol–water partition coefficient (Wildman–Crippen LogP) is 2.94. The monoisotopic (exact) mass is 172 g/mol. The Morgan fingerprint density at radius 1 is 1.50 bits per heavy atom. The number of pyridine rings is 1.